The molecule has 2 N–H and O–H groups in total. The fourth-order valence-corrected chi connectivity index (χ4v) is 2.59. The fraction of sp³-hybridized carbons (Fsp3) is 0.412. The highest BCUT2D eigenvalue weighted by Crippen LogP contribution is 2.09. The predicted octanol–water partition coefficient (Wildman–Crippen LogP) is 1.07. The van der Waals surface area contributed by atoms with Crippen LogP contribution in [0.25, 0.3) is 5.65 Å². The van der Waals surface area contributed by atoms with Crippen molar-refractivity contribution in [2.24, 2.45) is 12.0 Å². The number of pyridine rings is 1. The molecule has 0 aliphatic carbocycles. The Balaban J connectivity index is 1.59. The van der Waals surface area contributed by atoms with Crippen LogP contribution in [-0.2, 0) is 20.0 Å². The van der Waals surface area contributed by atoms with Crippen LogP contribution in [0.3, 0.4) is 0 Å². The van der Waals surface area contributed by atoms with E-state index in [0.29, 0.717) is 6.54 Å². The maximum atomic E-state index is 4.69. The van der Waals surface area contributed by atoms with E-state index in [2.05, 4.69) is 49.3 Å². The van der Waals surface area contributed by atoms with Crippen LogP contribution in [0.15, 0.2) is 35.8 Å². The van der Waals surface area contributed by atoms with Crippen molar-refractivity contribution >= 4 is 11.6 Å². The Labute approximate surface area is 147 Å². The van der Waals surface area contributed by atoms with Gasteiger partial charge < -0.3 is 15.0 Å². The third-order valence-electron chi connectivity index (χ3n) is 3.93. The third kappa shape index (κ3) is 4.14. The molecule has 3 rings (SSSR count). The molecule has 3 aromatic rings. The Morgan fingerprint density at radius 2 is 2.20 bits per heavy atom. The summed E-state index contributed by atoms with van der Waals surface area (Å²) >= 11 is 0. The minimum Gasteiger partial charge on any atom is -0.357 e. The molecule has 0 saturated heterocycles. The SMILES string of the molecule is CCNC(=NCc1ncnn1C)NCCc1cn2cccc(C)c2n1. The quantitative estimate of drug-likeness (QED) is 0.518. The van der Waals surface area contributed by atoms with Gasteiger partial charge in [-0.05, 0) is 25.5 Å². The maximum Gasteiger partial charge on any atom is 0.191 e. The first-order chi connectivity index (χ1) is 12.2. The van der Waals surface area contributed by atoms with Crippen molar-refractivity contribution in [3.8, 4) is 0 Å². The van der Waals surface area contributed by atoms with Gasteiger partial charge in [0.2, 0.25) is 0 Å². The second-order valence-corrected chi connectivity index (χ2v) is 5.83. The summed E-state index contributed by atoms with van der Waals surface area (Å²) in [7, 11) is 1.86. The normalized spacial score (nSPS) is 11.9. The molecule has 0 fully saturated rings. The van der Waals surface area contributed by atoms with E-state index in [1.807, 2.05) is 26.2 Å². The van der Waals surface area contributed by atoms with Gasteiger partial charge in [-0.2, -0.15) is 5.10 Å². The number of aryl methyl sites for hydroxylation is 2. The molecular weight excluding hydrogens is 316 g/mol. The molecule has 3 heterocycles. The smallest absolute Gasteiger partial charge is 0.191 e. The number of aromatic nitrogens is 5. The minimum absolute atomic E-state index is 0.486. The zero-order chi connectivity index (χ0) is 17.6. The molecule has 8 heteroatoms. The molecular formula is C17H24N8. The molecule has 0 aromatic carbocycles. The average Bonchev–Trinajstić information content (AvgIpc) is 3.19. The third-order valence-corrected chi connectivity index (χ3v) is 3.93. The van der Waals surface area contributed by atoms with E-state index in [1.54, 1.807) is 4.68 Å². The van der Waals surface area contributed by atoms with E-state index in [9.17, 15) is 0 Å². The average molecular weight is 340 g/mol. The predicted molar refractivity (Wildman–Crippen MR) is 97.5 cm³/mol. The van der Waals surface area contributed by atoms with Crippen LogP contribution >= 0.6 is 0 Å². The number of guanidine groups is 1. The van der Waals surface area contributed by atoms with Crippen LogP contribution in [0.1, 0.15) is 24.0 Å². The topological polar surface area (TPSA) is 84.4 Å². The summed E-state index contributed by atoms with van der Waals surface area (Å²) in [5.74, 6) is 1.60. The van der Waals surface area contributed by atoms with Gasteiger partial charge in [0.05, 0.1) is 5.69 Å². The molecule has 0 unspecified atom stereocenters. The van der Waals surface area contributed by atoms with Crippen molar-refractivity contribution in [2.45, 2.75) is 26.8 Å². The summed E-state index contributed by atoms with van der Waals surface area (Å²) in [6.45, 7) is 6.17. The zero-order valence-corrected chi connectivity index (χ0v) is 14.9. The van der Waals surface area contributed by atoms with Gasteiger partial charge in [0.25, 0.3) is 0 Å². The lowest BCUT2D eigenvalue weighted by molar-refractivity contribution is 0.697. The summed E-state index contributed by atoms with van der Waals surface area (Å²) < 4.78 is 3.80. The largest absolute Gasteiger partial charge is 0.357 e. The Hall–Kier alpha value is -2.90. The van der Waals surface area contributed by atoms with Gasteiger partial charge >= 0.3 is 0 Å². The highest BCUT2D eigenvalue weighted by Gasteiger charge is 2.05. The summed E-state index contributed by atoms with van der Waals surface area (Å²) in [5, 5.41) is 10.6. The number of hydrogen-bond donors (Lipinski definition) is 2. The lowest BCUT2D eigenvalue weighted by Crippen LogP contribution is -2.38. The number of nitrogens with one attached hydrogen (secondary N) is 2. The van der Waals surface area contributed by atoms with Gasteiger partial charge in [-0.25, -0.2) is 15.0 Å². The maximum absolute atomic E-state index is 4.69. The Morgan fingerprint density at radius 3 is 2.92 bits per heavy atom. The van der Waals surface area contributed by atoms with E-state index < -0.39 is 0 Å². The van der Waals surface area contributed by atoms with E-state index >= 15 is 0 Å². The Kier molecular flexibility index (Phi) is 5.27. The second kappa shape index (κ2) is 7.78. The monoisotopic (exact) mass is 340 g/mol. The lowest BCUT2D eigenvalue weighted by atomic mass is 10.3. The van der Waals surface area contributed by atoms with Crippen LogP contribution in [0, 0.1) is 6.92 Å². The minimum atomic E-state index is 0.486. The summed E-state index contributed by atoms with van der Waals surface area (Å²) in [6.07, 6.45) is 6.47. The summed E-state index contributed by atoms with van der Waals surface area (Å²) in [5.41, 5.74) is 3.26. The number of hydrogen-bond acceptors (Lipinski definition) is 4. The van der Waals surface area contributed by atoms with Crippen LogP contribution < -0.4 is 10.6 Å². The molecule has 25 heavy (non-hydrogen) atoms. The number of fused-ring (bicyclic) bond motifs is 1. The zero-order valence-electron chi connectivity index (χ0n) is 14.9. The molecule has 8 nitrogen and oxygen atoms in total. The van der Waals surface area contributed by atoms with Crippen LogP contribution in [0.5, 0.6) is 0 Å². The standard InChI is InChI=1S/C17H24N8/c1-4-18-17(20-10-15-21-12-22-24(15)3)19-8-7-14-11-25-9-5-6-13(2)16(25)23-14/h5-6,9,11-12H,4,7-8,10H2,1-3H3,(H2,18,19,20). The number of imidazole rings is 1. The number of rotatable bonds is 6. The van der Waals surface area contributed by atoms with Gasteiger partial charge in [-0.15, -0.1) is 0 Å². The van der Waals surface area contributed by atoms with E-state index in [-0.39, 0.29) is 0 Å². The van der Waals surface area contributed by atoms with Crippen molar-refractivity contribution in [1.82, 2.24) is 34.8 Å². The molecule has 0 spiro atoms. The molecule has 132 valence electrons. The van der Waals surface area contributed by atoms with Crippen LogP contribution in [0.4, 0.5) is 0 Å². The lowest BCUT2D eigenvalue weighted by Gasteiger charge is -2.10. The fourth-order valence-electron chi connectivity index (χ4n) is 2.59. The van der Waals surface area contributed by atoms with Crippen molar-refractivity contribution < 1.29 is 0 Å². The Bertz CT molecular complexity index is 861. The van der Waals surface area contributed by atoms with E-state index in [1.165, 1.54) is 11.9 Å². The highest BCUT2D eigenvalue weighted by atomic mass is 15.3. The molecule has 0 atom stereocenters. The van der Waals surface area contributed by atoms with Crippen molar-refractivity contribution in [3.63, 3.8) is 0 Å². The second-order valence-electron chi connectivity index (χ2n) is 5.83. The van der Waals surface area contributed by atoms with Crippen molar-refractivity contribution in [1.29, 1.82) is 0 Å². The van der Waals surface area contributed by atoms with Gasteiger partial charge in [-0.3, -0.25) is 4.68 Å². The number of aliphatic imine (C=N–C) groups is 1. The molecule has 0 radical (unpaired) electrons. The van der Waals surface area contributed by atoms with Crippen molar-refractivity contribution in [3.05, 3.63) is 47.9 Å². The first-order valence-corrected chi connectivity index (χ1v) is 8.45. The van der Waals surface area contributed by atoms with E-state index in [0.717, 1.165) is 42.6 Å². The summed E-state index contributed by atoms with van der Waals surface area (Å²) in [6, 6.07) is 4.11. The van der Waals surface area contributed by atoms with Gasteiger partial charge in [-0.1, -0.05) is 6.07 Å². The molecule has 0 aliphatic heterocycles. The molecule has 0 bridgehead atoms. The highest BCUT2D eigenvalue weighted by molar-refractivity contribution is 5.79. The summed E-state index contributed by atoms with van der Waals surface area (Å²) in [4.78, 5) is 13.4. The Morgan fingerprint density at radius 1 is 1.32 bits per heavy atom. The first kappa shape index (κ1) is 16.9. The van der Waals surface area contributed by atoms with Gasteiger partial charge in [0, 0.05) is 39.0 Å². The van der Waals surface area contributed by atoms with Crippen molar-refractivity contribution in [2.75, 3.05) is 13.1 Å². The van der Waals surface area contributed by atoms with Gasteiger partial charge in [0.1, 0.15) is 24.3 Å². The van der Waals surface area contributed by atoms with Crippen LogP contribution in [0.2, 0.25) is 0 Å². The molecule has 3 aromatic heterocycles. The first-order valence-electron chi connectivity index (χ1n) is 8.45. The molecule has 0 amide bonds. The molecule has 0 aliphatic rings. The number of nitrogens with zero attached hydrogens (tertiary/aromatic N) is 6. The van der Waals surface area contributed by atoms with Gasteiger partial charge in [0.15, 0.2) is 5.96 Å². The van der Waals surface area contributed by atoms with E-state index in [4.69, 9.17) is 4.98 Å². The molecule has 0 saturated carbocycles. The van der Waals surface area contributed by atoms with Crippen LogP contribution in [-0.4, -0.2) is 43.2 Å².